The standard InChI is InChI=1S/C58H78N2.2C10H12O.3ClH.2Ru/c1-39(2)47-25-19-26-48(40(3)4)53(47)59-37-57(33-31-55(59,11)35-43(57)9)51(45-21-15-13-16-22-45)29-30-52(46-23-17-14-18-24-46)58-34-32-56(12,36-44(58)10)60(38-58)54-49(41(5)6)27-20-28-50(54)42(7)8;2*1-8(2)11-10-7-5-4-6-9(10)3;;;;;/h13-28,37-44,51-52H,29-36H2,1-12H3;2*3-8H,1-2H3;3*1H;;/q-2;;;;;;+1;+2/p-3/t43-,44+,51?,52?,55-,56+,57+,58-;;;;;;;. The number of nitrogens with zero attached hydrogens (tertiary/aromatic N) is 2. The molecule has 475 valence electrons. The summed E-state index contributed by atoms with van der Waals surface area (Å²) in [5, 5.41) is 0. The first-order chi connectivity index (χ1) is 41.4. The van der Waals surface area contributed by atoms with Gasteiger partial charge in [-0.3, -0.25) is 0 Å². The molecule has 12 rings (SSSR count). The topological polar surface area (TPSA) is 24.9 Å². The van der Waals surface area contributed by atoms with Crippen molar-refractivity contribution in [3.05, 3.63) is 203 Å². The average Bonchev–Trinajstić information content (AvgIpc) is 0.725. The largest absolute Gasteiger partial charge is 0.517 e. The molecule has 6 aromatic carbocycles. The Balaban J connectivity index is 0.000000298. The van der Waals surface area contributed by atoms with E-state index in [-0.39, 0.29) is 49.8 Å². The molecule has 2 unspecified atom stereocenters. The Bertz CT molecular complexity index is 3050. The first kappa shape index (κ1) is 69.3. The van der Waals surface area contributed by atoms with Crippen LogP contribution >= 0.6 is 29.1 Å². The summed E-state index contributed by atoms with van der Waals surface area (Å²) in [6, 6.07) is 53.6. The molecule has 4 saturated heterocycles. The third-order valence-electron chi connectivity index (χ3n) is 19.9. The number of para-hydroxylation sites is 4. The molecule has 87 heavy (non-hydrogen) atoms. The van der Waals surface area contributed by atoms with Gasteiger partial charge in [-0.2, -0.15) is 0 Å². The van der Waals surface area contributed by atoms with Gasteiger partial charge >= 0.3 is 188 Å². The van der Waals surface area contributed by atoms with Gasteiger partial charge in [-0.15, -0.1) is 10.8 Å². The zero-order valence-corrected chi connectivity index (χ0v) is 60.9. The summed E-state index contributed by atoms with van der Waals surface area (Å²) in [7, 11) is 17.4. The van der Waals surface area contributed by atoms with E-state index in [4.69, 9.17) is 38.5 Å². The smallest absolute Gasteiger partial charge is 0.0145 e. The van der Waals surface area contributed by atoms with E-state index in [9.17, 15) is 0 Å². The molecule has 2 saturated carbocycles. The molecule has 6 aliphatic rings. The summed E-state index contributed by atoms with van der Waals surface area (Å²) in [5.74, 6) is 5.68. The molecule has 4 bridgehead atoms. The van der Waals surface area contributed by atoms with Gasteiger partial charge in [0, 0.05) is 22.5 Å². The minimum atomic E-state index is -1.77. The van der Waals surface area contributed by atoms with Crippen LogP contribution in [-0.4, -0.2) is 32.5 Å². The Morgan fingerprint density at radius 2 is 0.839 bits per heavy atom. The Morgan fingerprint density at radius 1 is 0.494 bits per heavy atom. The maximum absolute atomic E-state index is 5.82. The first-order valence-corrected chi connectivity index (χ1v) is 41.2. The normalized spacial score (nSPS) is 24.2. The molecule has 8 atom stereocenters. The number of hydrogen-bond acceptors (Lipinski definition) is 4. The third kappa shape index (κ3) is 15.7. The number of benzene rings is 6. The minimum Gasteiger partial charge on any atom is -0.517 e. The fourth-order valence-electron chi connectivity index (χ4n) is 15.6. The van der Waals surface area contributed by atoms with Crippen molar-refractivity contribution in [1.82, 2.24) is 0 Å². The molecular weight excluding hydrogens is 1310 g/mol. The minimum absolute atomic E-state index is 0.0673. The van der Waals surface area contributed by atoms with Crippen molar-refractivity contribution in [3.8, 4) is 11.5 Å². The molecule has 0 radical (unpaired) electrons. The van der Waals surface area contributed by atoms with Crippen molar-refractivity contribution in [2.45, 2.75) is 221 Å². The first-order valence-electron chi connectivity index (χ1n) is 32.4. The fraction of sp³-hybridized carbons (Fsp3) is 0.487. The van der Waals surface area contributed by atoms with Crippen LogP contribution in [0.25, 0.3) is 0 Å². The SMILES string of the molecule is CC(C)Oc1ccccc1[CH]=[Ru]([Cl])[Cl].CC(C)Oc1ccccc1[CH]=[Ru][Cl].CC(C)c1cccc(C(C)C)c1N1[CH-][C@]2(C(CCC(c3ccccc3)[C@]34[CH-]N(c5c(C(C)C)cccc5C(C)C)[C@](C)(CC3)C[C@H]4C)c3ccccc3)CC[C@@]1(C)C[C@@H]2C. The Kier molecular flexibility index (Phi) is 24.1. The van der Waals surface area contributed by atoms with Crippen molar-refractivity contribution in [3.63, 3.8) is 0 Å². The number of rotatable bonds is 19. The maximum atomic E-state index is 5.82. The monoisotopic (exact) mass is 1410 g/mol. The summed E-state index contributed by atoms with van der Waals surface area (Å²) >= 11 is -1.96. The van der Waals surface area contributed by atoms with Crippen LogP contribution in [0.1, 0.15) is 242 Å². The zero-order valence-electron chi connectivity index (χ0n) is 55.1. The van der Waals surface area contributed by atoms with E-state index in [1.807, 2.05) is 85.4 Å². The number of halogens is 3. The van der Waals surface area contributed by atoms with Crippen molar-refractivity contribution < 1.29 is 38.7 Å². The quantitative estimate of drug-likeness (QED) is 0.0596. The van der Waals surface area contributed by atoms with Gasteiger partial charge in [-0.1, -0.05) is 191 Å². The molecule has 2 aliphatic carbocycles. The van der Waals surface area contributed by atoms with E-state index >= 15 is 0 Å². The van der Waals surface area contributed by atoms with Gasteiger partial charge in [0.2, 0.25) is 0 Å². The van der Waals surface area contributed by atoms with Gasteiger partial charge in [-0.05, 0) is 121 Å². The van der Waals surface area contributed by atoms with E-state index in [0.717, 1.165) is 22.6 Å². The molecule has 0 amide bonds. The maximum Gasteiger partial charge on any atom is 0.0145 e. The second-order valence-electron chi connectivity index (χ2n) is 28.0. The van der Waals surface area contributed by atoms with E-state index < -0.39 is 13.5 Å². The van der Waals surface area contributed by atoms with Crippen LogP contribution in [0.15, 0.2) is 146 Å². The van der Waals surface area contributed by atoms with Gasteiger partial charge < -0.3 is 9.80 Å². The van der Waals surface area contributed by atoms with Gasteiger partial charge in [0.05, 0.1) is 0 Å². The van der Waals surface area contributed by atoms with Crippen LogP contribution in [0.2, 0.25) is 0 Å². The third-order valence-corrected chi connectivity index (χ3v) is 23.0. The molecule has 0 aromatic heterocycles. The predicted molar refractivity (Wildman–Crippen MR) is 370 cm³/mol. The zero-order chi connectivity index (χ0) is 63.0. The summed E-state index contributed by atoms with van der Waals surface area (Å²) in [6.45, 7) is 43.2. The van der Waals surface area contributed by atoms with E-state index in [2.05, 4.69) is 203 Å². The van der Waals surface area contributed by atoms with Crippen molar-refractivity contribution >= 4 is 49.7 Å². The van der Waals surface area contributed by atoms with E-state index in [0.29, 0.717) is 47.3 Å². The molecule has 6 fully saturated rings. The molecule has 6 aromatic rings. The summed E-state index contributed by atoms with van der Waals surface area (Å²) in [5.41, 5.74) is 14.6. The van der Waals surface area contributed by atoms with Crippen LogP contribution in [0.4, 0.5) is 11.4 Å². The van der Waals surface area contributed by atoms with Crippen molar-refractivity contribution in [1.29, 1.82) is 0 Å². The molecule has 4 heterocycles. The molecule has 4 nitrogen and oxygen atoms in total. The molecule has 0 N–H and O–H groups in total. The average molecular weight is 1410 g/mol. The van der Waals surface area contributed by atoms with Crippen molar-refractivity contribution in [2.75, 3.05) is 9.80 Å². The van der Waals surface area contributed by atoms with Gasteiger partial charge in [0.15, 0.2) is 0 Å². The van der Waals surface area contributed by atoms with Crippen LogP contribution in [-0.2, 0) is 29.2 Å². The van der Waals surface area contributed by atoms with Crippen LogP contribution in [0.5, 0.6) is 11.5 Å². The summed E-state index contributed by atoms with van der Waals surface area (Å²) in [6.07, 6.45) is 10.2. The molecular formula is C78H102Cl3N2O2Ru2-2. The Hall–Kier alpha value is -3.62. The van der Waals surface area contributed by atoms with Crippen molar-refractivity contribution in [2.24, 2.45) is 22.7 Å². The number of ether oxygens (including phenoxy) is 2. The van der Waals surface area contributed by atoms with Gasteiger partial charge in [0.1, 0.15) is 0 Å². The van der Waals surface area contributed by atoms with Gasteiger partial charge in [0.25, 0.3) is 0 Å². The predicted octanol–water partition coefficient (Wildman–Crippen LogP) is 22.7. The second-order valence-corrected chi connectivity index (χ2v) is 35.5. The molecule has 4 aliphatic heterocycles. The molecule has 9 heteroatoms. The Labute approximate surface area is 551 Å². The Morgan fingerprint density at radius 3 is 1.17 bits per heavy atom. The number of anilines is 2. The van der Waals surface area contributed by atoms with E-state index in [1.54, 1.807) is 0 Å². The summed E-state index contributed by atoms with van der Waals surface area (Å²) < 4.78 is 15.2. The number of hydrogen-bond donors (Lipinski definition) is 0. The molecule has 0 spiro atoms. The van der Waals surface area contributed by atoms with Gasteiger partial charge in [-0.25, -0.2) is 13.1 Å². The second kappa shape index (κ2) is 30.2. The number of fused-ring (bicyclic) bond motifs is 6. The van der Waals surface area contributed by atoms with Crippen LogP contribution in [0, 0.1) is 35.8 Å². The van der Waals surface area contributed by atoms with Crippen LogP contribution in [0.3, 0.4) is 0 Å². The fourth-order valence-corrected chi connectivity index (χ4v) is 18.5. The summed E-state index contributed by atoms with van der Waals surface area (Å²) in [4.78, 5) is 5.72. The van der Waals surface area contributed by atoms with Crippen LogP contribution < -0.4 is 19.3 Å². The van der Waals surface area contributed by atoms with E-state index in [1.165, 1.54) is 96.1 Å². The number of piperidine rings is 4.